The molecule has 7 rings (SSSR count). The van der Waals surface area contributed by atoms with Gasteiger partial charge in [-0.25, -0.2) is 0 Å². The minimum Gasteiger partial charge on any atom is -0.309 e. The molecular weight excluding hydrogens is 434 g/mol. The molecule has 1 heterocycles. The van der Waals surface area contributed by atoms with Crippen LogP contribution >= 0.6 is 0 Å². The zero-order chi connectivity index (χ0) is 24.1. The third-order valence-electron chi connectivity index (χ3n) is 7.79. The molecule has 0 radical (unpaired) electrons. The van der Waals surface area contributed by atoms with Crippen molar-refractivity contribution in [1.82, 2.24) is 4.57 Å². The van der Waals surface area contributed by atoms with Gasteiger partial charge in [-0.2, -0.15) is 0 Å². The van der Waals surface area contributed by atoms with Crippen LogP contribution in [0.15, 0.2) is 109 Å². The maximum atomic E-state index is 2.43. The van der Waals surface area contributed by atoms with E-state index in [1.165, 1.54) is 79.3 Å². The van der Waals surface area contributed by atoms with Gasteiger partial charge in [0.25, 0.3) is 0 Å². The van der Waals surface area contributed by atoms with Gasteiger partial charge in [-0.3, -0.25) is 0 Å². The second-order valence-corrected chi connectivity index (χ2v) is 10.1. The van der Waals surface area contributed by atoms with Crippen LogP contribution in [0.25, 0.3) is 49.7 Å². The Labute approximate surface area is 212 Å². The minimum atomic E-state index is 1.04. The highest BCUT2D eigenvalue weighted by Crippen LogP contribution is 2.40. The summed E-state index contributed by atoms with van der Waals surface area (Å²) in [6, 6.07) is 40.7. The molecule has 0 bridgehead atoms. The maximum absolute atomic E-state index is 2.43. The monoisotopic (exact) mass is 463 g/mol. The molecule has 0 unspecified atom stereocenters. The van der Waals surface area contributed by atoms with Gasteiger partial charge in [-0.05, 0) is 101 Å². The summed E-state index contributed by atoms with van der Waals surface area (Å²) in [6.07, 6.45) is 4.62. The average Bonchev–Trinajstić information content (AvgIpc) is 3.47. The molecule has 0 atom stereocenters. The molecule has 0 amide bonds. The van der Waals surface area contributed by atoms with Gasteiger partial charge in [0.1, 0.15) is 0 Å². The van der Waals surface area contributed by atoms with Crippen molar-refractivity contribution in [2.45, 2.75) is 32.6 Å². The molecule has 5 aromatic carbocycles. The Morgan fingerprint density at radius 3 is 2.17 bits per heavy atom. The molecule has 1 aromatic heterocycles. The molecule has 0 saturated carbocycles. The zero-order valence-corrected chi connectivity index (χ0v) is 20.7. The number of rotatable bonds is 5. The largest absolute Gasteiger partial charge is 0.309 e. The predicted molar refractivity (Wildman–Crippen MR) is 153 cm³/mol. The summed E-state index contributed by atoms with van der Waals surface area (Å²) < 4.78 is 2.41. The molecule has 0 fully saturated rings. The number of hydrogen-bond acceptors (Lipinski definition) is 0. The summed E-state index contributed by atoms with van der Waals surface area (Å²) in [5.74, 6) is 0. The van der Waals surface area contributed by atoms with Gasteiger partial charge in [-0.1, -0.05) is 80.1 Å². The maximum Gasteiger partial charge on any atom is 0.0541 e. The van der Waals surface area contributed by atoms with Crippen molar-refractivity contribution in [2.75, 3.05) is 0 Å². The van der Waals surface area contributed by atoms with Crippen molar-refractivity contribution < 1.29 is 0 Å². The number of benzene rings is 5. The number of hydrogen-bond donors (Lipinski definition) is 0. The SMILES string of the molecule is CCCCc1ccc2c(c1)c1cc(-c3ccc4c(c3)-c3ccccc3C4)ccc1n2-c1ccccc1. The van der Waals surface area contributed by atoms with Crippen LogP contribution in [-0.4, -0.2) is 4.57 Å². The van der Waals surface area contributed by atoms with E-state index in [0.717, 1.165) is 12.8 Å². The van der Waals surface area contributed by atoms with Crippen LogP contribution in [0.5, 0.6) is 0 Å². The first-order chi connectivity index (χ1) is 17.8. The average molecular weight is 464 g/mol. The third kappa shape index (κ3) is 3.38. The fourth-order valence-corrected chi connectivity index (χ4v) is 5.94. The first kappa shape index (κ1) is 21.2. The normalized spacial score (nSPS) is 12.2. The van der Waals surface area contributed by atoms with Crippen molar-refractivity contribution in [1.29, 1.82) is 0 Å². The molecule has 6 aromatic rings. The fourth-order valence-electron chi connectivity index (χ4n) is 5.94. The summed E-state index contributed by atoms with van der Waals surface area (Å²) in [6.45, 7) is 2.26. The molecule has 0 aliphatic heterocycles. The molecule has 1 aliphatic carbocycles. The first-order valence-electron chi connectivity index (χ1n) is 13.1. The minimum absolute atomic E-state index is 1.04. The molecule has 174 valence electrons. The van der Waals surface area contributed by atoms with E-state index < -0.39 is 0 Å². The quantitative estimate of drug-likeness (QED) is 0.240. The lowest BCUT2D eigenvalue weighted by Crippen LogP contribution is -1.93. The van der Waals surface area contributed by atoms with E-state index in [4.69, 9.17) is 0 Å². The van der Waals surface area contributed by atoms with Gasteiger partial charge >= 0.3 is 0 Å². The topological polar surface area (TPSA) is 4.93 Å². The number of unbranched alkanes of at least 4 members (excludes halogenated alkanes) is 1. The van der Waals surface area contributed by atoms with Gasteiger partial charge in [0.2, 0.25) is 0 Å². The smallest absolute Gasteiger partial charge is 0.0541 e. The Balaban J connectivity index is 1.43. The number of nitrogens with zero attached hydrogens (tertiary/aromatic N) is 1. The third-order valence-corrected chi connectivity index (χ3v) is 7.79. The van der Waals surface area contributed by atoms with E-state index in [2.05, 4.69) is 121 Å². The second kappa shape index (κ2) is 8.53. The Morgan fingerprint density at radius 1 is 0.611 bits per heavy atom. The predicted octanol–water partition coefficient (Wildman–Crippen LogP) is 9.36. The Bertz CT molecular complexity index is 1740. The van der Waals surface area contributed by atoms with E-state index in [-0.39, 0.29) is 0 Å². The first-order valence-corrected chi connectivity index (χ1v) is 13.1. The Hall–Kier alpha value is -4.10. The summed E-state index contributed by atoms with van der Waals surface area (Å²) >= 11 is 0. The Kier molecular flexibility index (Phi) is 5.03. The number of fused-ring (bicyclic) bond motifs is 6. The van der Waals surface area contributed by atoms with Crippen molar-refractivity contribution in [2.24, 2.45) is 0 Å². The standard InChI is InChI=1S/C35H29N/c1-2-3-9-24-14-18-34-32(20-24)33-23-26(17-19-35(33)36(34)29-11-5-4-6-12-29)25-15-16-28-21-27-10-7-8-13-30(27)31(28)22-25/h4-8,10-20,22-23H,2-3,9,21H2,1H3. The van der Waals surface area contributed by atoms with E-state index in [0.29, 0.717) is 0 Å². The van der Waals surface area contributed by atoms with E-state index in [9.17, 15) is 0 Å². The van der Waals surface area contributed by atoms with Gasteiger partial charge in [-0.15, -0.1) is 0 Å². The lowest BCUT2D eigenvalue weighted by molar-refractivity contribution is 0.796. The van der Waals surface area contributed by atoms with Crippen LogP contribution in [0.3, 0.4) is 0 Å². The van der Waals surface area contributed by atoms with Crippen LogP contribution in [0, 0.1) is 0 Å². The van der Waals surface area contributed by atoms with Crippen molar-refractivity contribution in [3.8, 4) is 27.9 Å². The van der Waals surface area contributed by atoms with Crippen LogP contribution in [-0.2, 0) is 12.8 Å². The van der Waals surface area contributed by atoms with Crippen LogP contribution in [0.4, 0.5) is 0 Å². The van der Waals surface area contributed by atoms with Crippen molar-refractivity contribution in [3.05, 3.63) is 126 Å². The van der Waals surface area contributed by atoms with Crippen LogP contribution < -0.4 is 0 Å². The van der Waals surface area contributed by atoms with Crippen molar-refractivity contribution in [3.63, 3.8) is 0 Å². The fraction of sp³-hybridized carbons (Fsp3) is 0.143. The van der Waals surface area contributed by atoms with E-state index >= 15 is 0 Å². The van der Waals surface area contributed by atoms with Gasteiger partial charge < -0.3 is 4.57 Å². The lowest BCUT2D eigenvalue weighted by Gasteiger charge is -2.09. The Morgan fingerprint density at radius 2 is 1.31 bits per heavy atom. The van der Waals surface area contributed by atoms with Crippen molar-refractivity contribution >= 4 is 21.8 Å². The van der Waals surface area contributed by atoms with E-state index in [1.807, 2.05) is 0 Å². The molecule has 0 saturated heterocycles. The highest BCUT2D eigenvalue weighted by molar-refractivity contribution is 6.10. The molecule has 36 heavy (non-hydrogen) atoms. The van der Waals surface area contributed by atoms with Gasteiger partial charge in [0.05, 0.1) is 11.0 Å². The lowest BCUT2D eigenvalue weighted by atomic mass is 9.97. The molecule has 0 N–H and O–H groups in total. The van der Waals surface area contributed by atoms with Crippen LogP contribution in [0.1, 0.15) is 36.5 Å². The highest BCUT2D eigenvalue weighted by atomic mass is 15.0. The van der Waals surface area contributed by atoms with E-state index in [1.54, 1.807) is 0 Å². The molecule has 1 aliphatic rings. The zero-order valence-electron chi connectivity index (χ0n) is 20.7. The summed E-state index contributed by atoms with van der Waals surface area (Å²) in [7, 11) is 0. The summed E-state index contributed by atoms with van der Waals surface area (Å²) in [4.78, 5) is 0. The molecule has 0 spiro atoms. The summed E-state index contributed by atoms with van der Waals surface area (Å²) in [5, 5.41) is 2.67. The van der Waals surface area contributed by atoms with Gasteiger partial charge in [0, 0.05) is 16.5 Å². The highest BCUT2D eigenvalue weighted by Gasteiger charge is 2.19. The molecule has 1 heteroatoms. The molecule has 1 nitrogen and oxygen atoms in total. The number of para-hydroxylation sites is 1. The van der Waals surface area contributed by atoms with Crippen LogP contribution in [0.2, 0.25) is 0 Å². The second-order valence-electron chi connectivity index (χ2n) is 10.1. The molecular formula is C35H29N. The number of aromatic nitrogens is 1. The van der Waals surface area contributed by atoms with Gasteiger partial charge in [0.15, 0.2) is 0 Å². The number of aryl methyl sites for hydroxylation is 1. The summed E-state index contributed by atoms with van der Waals surface area (Å²) in [5.41, 5.74) is 13.4.